The summed E-state index contributed by atoms with van der Waals surface area (Å²) in [5.74, 6) is 0.742. The van der Waals surface area contributed by atoms with Crippen molar-refractivity contribution in [3.05, 3.63) is 95.2 Å². The van der Waals surface area contributed by atoms with Gasteiger partial charge >= 0.3 is 0 Å². The molecule has 0 heterocycles. The summed E-state index contributed by atoms with van der Waals surface area (Å²) < 4.78 is 5.61. The molecule has 35 heavy (non-hydrogen) atoms. The summed E-state index contributed by atoms with van der Waals surface area (Å²) in [6.45, 7) is 14.9. The van der Waals surface area contributed by atoms with E-state index in [1.807, 2.05) is 42.5 Å². The lowest BCUT2D eigenvalue weighted by Crippen LogP contribution is -2.28. The van der Waals surface area contributed by atoms with Gasteiger partial charge in [-0.1, -0.05) is 69.3 Å². The van der Waals surface area contributed by atoms with Gasteiger partial charge in [-0.25, -0.2) is 4.99 Å². The van der Waals surface area contributed by atoms with Gasteiger partial charge < -0.3 is 10.1 Å². The lowest BCUT2D eigenvalue weighted by molar-refractivity contribution is 0.416. The maximum atomic E-state index is 5.61. The van der Waals surface area contributed by atoms with Crippen molar-refractivity contribution in [1.82, 2.24) is 0 Å². The zero-order valence-electron chi connectivity index (χ0n) is 22.2. The molecule has 0 radical (unpaired) electrons. The van der Waals surface area contributed by atoms with Crippen LogP contribution in [0.4, 0.5) is 17.1 Å². The smallest absolute Gasteiger partial charge is 0.144 e. The van der Waals surface area contributed by atoms with Crippen LogP contribution >= 0.6 is 0 Å². The highest BCUT2D eigenvalue weighted by Crippen LogP contribution is 2.34. The first kappa shape index (κ1) is 26.0. The summed E-state index contributed by atoms with van der Waals surface area (Å²) in [4.78, 5) is 10.3. The molecule has 0 unspecified atom stereocenters. The minimum absolute atomic E-state index is 0.257. The zero-order valence-corrected chi connectivity index (χ0v) is 22.2. The largest absolute Gasteiger partial charge is 0.494 e. The SMILES string of the molecule is COc1ccccc1N=C(/C(C(C)=Nc1ccccc1C)=C(\C)Nc1ccccc1C)C(C)(C)C. The number of methoxy groups -OCH3 is 1. The number of rotatable bonds is 7. The summed E-state index contributed by atoms with van der Waals surface area (Å²) in [6.07, 6.45) is 0. The predicted octanol–water partition coefficient (Wildman–Crippen LogP) is 8.61. The minimum atomic E-state index is -0.257. The van der Waals surface area contributed by atoms with Crippen molar-refractivity contribution in [3.63, 3.8) is 0 Å². The van der Waals surface area contributed by atoms with Gasteiger partial charge in [0.1, 0.15) is 11.4 Å². The molecule has 0 amide bonds. The van der Waals surface area contributed by atoms with Crippen LogP contribution in [0.15, 0.2) is 94.1 Å². The van der Waals surface area contributed by atoms with Crippen LogP contribution in [0.2, 0.25) is 0 Å². The lowest BCUT2D eigenvalue weighted by atomic mass is 9.82. The van der Waals surface area contributed by atoms with Crippen LogP contribution in [0.3, 0.4) is 0 Å². The second-order valence-corrected chi connectivity index (χ2v) is 9.81. The number of aryl methyl sites for hydroxylation is 2. The Morgan fingerprint density at radius 1 is 0.743 bits per heavy atom. The number of anilines is 1. The number of allylic oxidation sites excluding steroid dienone is 2. The third kappa shape index (κ3) is 6.48. The third-order valence-corrected chi connectivity index (χ3v) is 5.87. The Hall–Kier alpha value is -3.66. The average molecular weight is 468 g/mol. The van der Waals surface area contributed by atoms with Crippen LogP contribution in [0, 0.1) is 19.3 Å². The number of para-hydroxylation sites is 4. The van der Waals surface area contributed by atoms with Gasteiger partial charge in [0.15, 0.2) is 0 Å². The summed E-state index contributed by atoms with van der Waals surface area (Å²) in [6, 6.07) is 24.4. The Kier molecular flexibility index (Phi) is 8.29. The molecule has 3 rings (SSSR count). The van der Waals surface area contributed by atoms with E-state index in [1.54, 1.807) is 7.11 Å². The quantitative estimate of drug-likeness (QED) is 0.354. The predicted molar refractivity (Wildman–Crippen MR) is 151 cm³/mol. The molecular formula is C31H37N3O. The fourth-order valence-electron chi connectivity index (χ4n) is 3.96. The van der Waals surface area contributed by atoms with Crippen molar-refractivity contribution in [2.24, 2.45) is 15.4 Å². The van der Waals surface area contributed by atoms with Gasteiger partial charge in [0.2, 0.25) is 0 Å². The lowest BCUT2D eigenvalue weighted by Gasteiger charge is -2.27. The van der Waals surface area contributed by atoms with Gasteiger partial charge in [0.05, 0.1) is 18.5 Å². The molecule has 1 N–H and O–H groups in total. The molecule has 0 saturated carbocycles. The number of benzene rings is 3. The Morgan fingerprint density at radius 3 is 1.91 bits per heavy atom. The standard InChI is InChI=1S/C31H37N3O/c1-21-15-9-11-17-25(21)32-23(3)29(24(4)33-26-18-12-10-16-22(26)2)30(31(5,6)7)34-27-19-13-14-20-28(27)35-8/h9-20,32H,1-8H3/b29-23+,33-24?,34-30?. The van der Waals surface area contributed by atoms with Gasteiger partial charge in [-0.05, 0) is 63.1 Å². The summed E-state index contributed by atoms with van der Waals surface area (Å²) in [5, 5.41) is 3.65. The molecule has 0 aliphatic carbocycles. The van der Waals surface area contributed by atoms with Crippen LogP contribution < -0.4 is 10.1 Å². The molecule has 182 valence electrons. The Balaban J connectivity index is 2.28. The monoisotopic (exact) mass is 467 g/mol. The third-order valence-electron chi connectivity index (χ3n) is 5.87. The highest BCUT2D eigenvalue weighted by molar-refractivity contribution is 6.27. The Morgan fingerprint density at radius 2 is 1.31 bits per heavy atom. The first-order chi connectivity index (χ1) is 16.6. The molecule has 0 aliphatic rings. The number of aliphatic imine (C=N–C) groups is 2. The first-order valence-electron chi connectivity index (χ1n) is 12.0. The van der Waals surface area contributed by atoms with E-state index in [4.69, 9.17) is 14.7 Å². The molecular weight excluding hydrogens is 430 g/mol. The maximum Gasteiger partial charge on any atom is 0.144 e. The highest BCUT2D eigenvalue weighted by atomic mass is 16.5. The molecule has 0 spiro atoms. The summed E-state index contributed by atoms with van der Waals surface area (Å²) in [5.41, 5.74) is 8.71. The first-order valence-corrected chi connectivity index (χ1v) is 12.0. The average Bonchev–Trinajstić information content (AvgIpc) is 2.81. The van der Waals surface area contributed by atoms with E-state index in [1.165, 1.54) is 5.56 Å². The van der Waals surface area contributed by atoms with E-state index >= 15 is 0 Å². The molecule has 0 aliphatic heterocycles. The molecule has 0 fully saturated rings. The van der Waals surface area contributed by atoms with Crippen LogP contribution in [0.25, 0.3) is 0 Å². The summed E-state index contributed by atoms with van der Waals surface area (Å²) >= 11 is 0. The second-order valence-electron chi connectivity index (χ2n) is 9.81. The zero-order chi connectivity index (χ0) is 25.6. The fourth-order valence-corrected chi connectivity index (χ4v) is 3.96. The van der Waals surface area contributed by atoms with Gasteiger partial charge in [-0.2, -0.15) is 0 Å². The van der Waals surface area contributed by atoms with Crippen LogP contribution in [-0.4, -0.2) is 18.5 Å². The highest BCUT2D eigenvalue weighted by Gasteiger charge is 2.27. The van der Waals surface area contributed by atoms with E-state index in [-0.39, 0.29) is 5.41 Å². The van der Waals surface area contributed by atoms with Gasteiger partial charge in [0.25, 0.3) is 0 Å². The van der Waals surface area contributed by atoms with E-state index in [0.29, 0.717) is 0 Å². The number of nitrogens with one attached hydrogen (secondary N) is 1. The maximum absolute atomic E-state index is 5.61. The fraction of sp³-hybridized carbons (Fsp3) is 0.290. The van der Waals surface area contributed by atoms with E-state index in [0.717, 1.165) is 51.1 Å². The molecule has 3 aromatic carbocycles. The van der Waals surface area contributed by atoms with Gasteiger partial charge in [-0.15, -0.1) is 0 Å². The number of hydrogen-bond donors (Lipinski definition) is 1. The molecule has 0 aromatic heterocycles. The number of nitrogens with zero attached hydrogens (tertiary/aromatic N) is 2. The van der Waals surface area contributed by atoms with E-state index < -0.39 is 0 Å². The van der Waals surface area contributed by atoms with Crippen LogP contribution in [-0.2, 0) is 0 Å². The van der Waals surface area contributed by atoms with Gasteiger partial charge in [-0.3, -0.25) is 4.99 Å². The molecule has 0 atom stereocenters. The molecule has 4 nitrogen and oxygen atoms in total. The van der Waals surface area contributed by atoms with Crippen LogP contribution in [0.5, 0.6) is 5.75 Å². The van der Waals surface area contributed by atoms with Crippen molar-refractivity contribution >= 4 is 28.5 Å². The topological polar surface area (TPSA) is 46.0 Å². The Bertz CT molecular complexity index is 1280. The van der Waals surface area contributed by atoms with Crippen molar-refractivity contribution in [1.29, 1.82) is 0 Å². The van der Waals surface area contributed by atoms with Crippen molar-refractivity contribution in [3.8, 4) is 5.75 Å². The Labute approximate surface area is 210 Å². The molecule has 4 heteroatoms. The van der Waals surface area contributed by atoms with Crippen molar-refractivity contribution < 1.29 is 4.74 Å². The minimum Gasteiger partial charge on any atom is -0.494 e. The molecule has 0 bridgehead atoms. The van der Waals surface area contributed by atoms with Gasteiger partial charge in [0, 0.05) is 28.1 Å². The summed E-state index contributed by atoms with van der Waals surface area (Å²) in [7, 11) is 1.68. The molecule has 0 saturated heterocycles. The number of hydrogen-bond acceptors (Lipinski definition) is 4. The second kappa shape index (κ2) is 11.2. The number of ether oxygens (including phenoxy) is 1. The van der Waals surface area contributed by atoms with E-state index in [2.05, 4.69) is 84.1 Å². The normalized spacial score (nSPS) is 13.4. The van der Waals surface area contributed by atoms with Crippen molar-refractivity contribution in [2.45, 2.75) is 48.5 Å². The van der Waals surface area contributed by atoms with E-state index in [9.17, 15) is 0 Å². The van der Waals surface area contributed by atoms with Crippen LogP contribution in [0.1, 0.15) is 45.7 Å². The molecule has 3 aromatic rings. The van der Waals surface area contributed by atoms with Crippen molar-refractivity contribution in [2.75, 3.05) is 12.4 Å².